The molecule has 154 valence electrons. The van der Waals surface area contributed by atoms with Crippen LogP contribution in [0.1, 0.15) is 69.7 Å². The van der Waals surface area contributed by atoms with Crippen molar-refractivity contribution in [2.75, 3.05) is 5.32 Å². The summed E-state index contributed by atoms with van der Waals surface area (Å²) in [4.78, 5) is 33.1. The van der Waals surface area contributed by atoms with Crippen molar-refractivity contribution in [1.82, 2.24) is 15.3 Å². The zero-order valence-corrected chi connectivity index (χ0v) is 17.2. The standard InChI is InChI=1S/C22H27ClN4O2/c23-20-19-15-10-4-5-11-16(15)24-18(28)13-7-6-12-17(21(26-19)27-20)25-22(29)14-8-2-1-3-9-14/h4-5,10-11,14,17H,1-3,6-9,12-13H2,(H,24,28)(H,25,29)(H,26,27)/t17-/m0/s1. The Morgan fingerprint density at radius 3 is 2.66 bits per heavy atom. The number of carbonyl (C=O) groups excluding carboxylic acids is 2. The fourth-order valence-corrected chi connectivity index (χ4v) is 4.53. The number of hydrogen-bond donors (Lipinski definition) is 3. The van der Waals surface area contributed by atoms with Gasteiger partial charge in [0, 0.05) is 17.9 Å². The second-order valence-electron chi connectivity index (χ2n) is 8.02. The van der Waals surface area contributed by atoms with E-state index in [2.05, 4.69) is 15.6 Å². The fourth-order valence-electron chi connectivity index (χ4n) is 4.29. The molecule has 0 saturated heterocycles. The minimum atomic E-state index is -0.231. The van der Waals surface area contributed by atoms with E-state index in [0.717, 1.165) is 50.5 Å². The van der Waals surface area contributed by atoms with Crippen molar-refractivity contribution < 1.29 is 9.59 Å². The average Bonchev–Trinajstić information content (AvgIpc) is 3.12. The van der Waals surface area contributed by atoms with Gasteiger partial charge in [-0.25, -0.2) is 4.98 Å². The number of aromatic nitrogens is 2. The Morgan fingerprint density at radius 2 is 1.83 bits per heavy atom. The van der Waals surface area contributed by atoms with E-state index in [1.165, 1.54) is 6.42 Å². The molecule has 2 heterocycles. The van der Waals surface area contributed by atoms with E-state index in [1.807, 2.05) is 24.3 Å². The number of carbonyl (C=O) groups is 2. The molecule has 29 heavy (non-hydrogen) atoms. The summed E-state index contributed by atoms with van der Waals surface area (Å²) in [7, 11) is 0. The molecule has 3 N–H and O–H groups in total. The van der Waals surface area contributed by atoms with Crippen molar-refractivity contribution in [3.05, 3.63) is 35.2 Å². The second kappa shape index (κ2) is 8.99. The Morgan fingerprint density at radius 1 is 1.07 bits per heavy atom. The number of amides is 2. The maximum absolute atomic E-state index is 12.8. The Balaban J connectivity index is 1.64. The highest BCUT2D eigenvalue weighted by molar-refractivity contribution is 6.32. The monoisotopic (exact) mass is 414 g/mol. The number of fused-ring (bicyclic) bond motifs is 4. The normalized spacial score (nSPS) is 20.7. The van der Waals surface area contributed by atoms with Crippen LogP contribution in [0.15, 0.2) is 24.3 Å². The minimum Gasteiger partial charge on any atom is -0.346 e. The number of para-hydroxylation sites is 1. The molecule has 4 rings (SSSR count). The molecule has 1 aliphatic carbocycles. The summed E-state index contributed by atoms with van der Waals surface area (Å²) < 4.78 is 0. The predicted octanol–water partition coefficient (Wildman–Crippen LogP) is 4.98. The molecular formula is C22H27ClN4O2. The first kappa shape index (κ1) is 20.0. The average molecular weight is 415 g/mol. The summed E-state index contributed by atoms with van der Waals surface area (Å²) in [5.41, 5.74) is 2.06. The number of H-pyrrole nitrogens is 1. The topological polar surface area (TPSA) is 86.9 Å². The molecule has 2 aliphatic rings. The van der Waals surface area contributed by atoms with Gasteiger partial charge in [0.15, 0.2) is 0 Å². The van der Waals surface area contributed by atoms with Crippen molar-refractivity contribution in [2.24, 2.45) is 5.92 Å². The Hall–Kier alpha value is -2.34. The van der Waals surface area contributed by atoms with Crippen molar-refractivity contribution in [2.45, 2.75) is 63.8 Å². The maximum Gasteiger partial charge on any atom is 0.224 e. The van der Waals surface area contributed by atoms with Crippen LogP contribution in [0, 0.1) is 5.92 Å². The van der Waals surface area contributed by atoms with Crippen LogP contribution in [0.2, 0.25) is 5.15 Å². The molecule has 6 nitrogen and oxygen atoms in total. The molecule has 7 heteroatoms. The van der Waals surface area contributed by atoms with Gasteiger partial charge in [-0.1, -0.05) is 55.5 Å². The SMILES string of the molecule is O=C1CCCC[C@H](NC(=O)C2CCCCC2)c2nc(c(Cl)[nH]2)-c2ccccc2N1. The third kappa shape index (κ3) is 4.64. The van der Waals surface area contributed by atoms with Crippen LogP contribution in [-0.2, 0) is 9.59 Å². The zero-order valence-electron chi connectivity index (χ0n) is 16.5. The van der Waals surface area contributed by atoms with Crippen LogP contribution in [0.5, 0.6) is 0 Å². The molecule has 1 aromatic heterocycles. The summed E-state index contributed by atoms with van der Waals surface area (Å²) in [6.45, 7) is 0. The number of aromatic amines is 1. The molecule has 1 atom stereocenters. The van der Waals surface area contributed by atoms with E-state index < -0.39 is 0 Å². The van der Waals surface area contributed by atoms with E-state index in [4.69, 9.17) is 16.6 Å². The smallest absolute Gasteiger partial charge is 0.224 e. The van der Waals surface area contributed by atoms with Gasteiger partial charge in [-0.3, -0.25) is 9.59 Å². The molecule has 0 radical (unpaired) electrons. The number of nitrogens with zero attached hydrogens (tertiary/aromatic N) is 1. The lowest BCUT2D eigenvalue weighted by Gasteiger charge is -2.24. The molecule has 1 saturated carbocycles. The molecule has 2 amide bonds. The second-order valence-corrected chi connectivity index (χ2v) is 8.40. The lowest BCUT2D eigenvalue weighted by atomic mass is 9.88. The van der Waals surface area contributed by atoms with Crippen molar-refractivity contribution in [1.29, 1.82) is 0 Å². The van der Waals surface area contributed by atoms with E-state index in [0.29, 0.717) is 28.8 Å². The zero-order chi connectivity index (χ0) is 20.2. The van der Waals surface area contributed by atoms with Crippen molar-refractivity contribution in [3.63, 3.8) is 0 Å². The summed E-state index contributed by atoms with van der Waals surface area (Å²) in [6.07, 6.45) is 8.10. The number of benzene rings is 1. The van der Waals surface area contributed by atoms with Gasteiger partial charge in [0.05, 0.1) is 11.7 Å². The number of halogens is 1. The summed E-state index contributed by atoms with van der Waals surface area (Å²) in [5, 5.41) is 6.59. The van der Waals surface area contributed by atoms with Crippen LogP contribution >= 0.6 is 11.6 Å². The van der Waals surface area contributed by atoms with Crippen LogP contribution in [0.3, 0.4) is 0 Å². The third-order valence-electron chi connectivity index (χ3n) is 5.90. The number of imidazole rings is 1. The third-order valence-corrected chi connectivity index (χ3v) is 6.18. The van der Waals surface area contributed by atoms with Gasteiger partial charge in [0.25, 0.3) is 0 Å². The van der Waals surface area contributed by atoms with E-state index in [-0.39, 0.29) is 23.8 Å². The van der Waals surface area contributed by atoms with Crippen molar-refractivity contribution >= 4 is 29.1 Å². The highest BCUT2D eigenvalue weighted by Crippen LogP contribution is 2.34. The van der Waals surface area contributed by atoms with E-state index >= 15 is 0 Å². The number of rotatable bonds is 2. The first-order valence-electron chi connectivity index (χ1n) is 10.6. The molecule has 0 spiro atoms. The van der Waals surface area contributed by atoms with E-state index in [9.17, 15) is 9.59 Å². The molecule has 1 fully saturated rings. The molecular weight excluding hydrogens is 388 g/mol. The minimum absolute atomic E-state index is 0.0207. The Bertz CT molecular complexity index is 889. The Kier molecular flexibility index (Phi) is 6.19. The van der Waals surface area contributed by atoms with E-state index in [1.54, 1.807) is 0 Å². The van der Waals surface area contributed by atoms with Gasteiger partial charge >= 0.3 is 0 Å². The van der Waals surface area contributed by atoms with Gasteiger partial charge in [-0.15, -0.1) is 0 Å². The number of hydrogen-bond acceptors (Lipinski definition) is 3. The lowest BCUT2D eigenvalue weighted by Crippen LogP contribution is -2.35. The summed E-state index contributed by atoms with van der Waals surface area (Å²) in [5.74, 6) is 0.846. The summed E-state index contributed by atoms with van der Waals surface area (Å²) in [6, 6.07) is 7.28. The molecule has 1 aliphatic heterocycles. The van der Waals surface area contributed by atoms with Crippen LogP contribution in [-0.4, -0.2) is 21.8 Å². The van der Waals surface area contributed by atoms with Crippen LogP contribution < -0.4 is 10.6 Å². The van der Waals surface area contributed by atoms with Gasteiger partial charge in [0.1, 0.15) is 16.7 Å². The van der Waals surface area contributed by atoms with Gasteiger partial charge in [0.2, 0.25) is 11.8 Å². The van der Waals surface area contributed by atoms with Crippen molar-refractivity contribution in [3.8, 4) is 11.3 Å². The first-order chi connectivity index (χ1) is 14.1. The molecule has 2 bridgehead atoms. The quantitative estimate of drug-likeness (QED) is 0.647. The van der Waals surface area contributed by atoms with Crippen LogP contribution in [0.4, 0.5) is 5.69 Å². The number of anilines is 1. The predicted molar refractivity (Wildman–Crippen MR) is 114 cm³/mol. The lowest BCUT2D eigenvalue weighted by molar-refractivity contribution is -0.126. The van der Waals surface area contributed by atoms with Crippen LogP contribution in [0.25, 0.3) is 11.3 Å². The van der Waals surface area contributed by atoms with Gasteiger partial charge in [-0.2, -0.15) is 0 Å². The largest absolute Gasteiger partial charge is 0.346 e. The Labute approximate surface area is 175 Å². The number of nitrogens with one attached hydrogen (secondary N) is 3. The van der Waals surface area contributed by atoms with Gasteiger partial charge in [-0.05, 0) is 31.7 Å². The molecule has 1 aromatic carbocycles. The van der Waals surface area contributed by atoms with Gasteiger partial charge < -0.3 is 15.6 Å². The summed E-state index contributed by atoms with van der Waals surface area (Å²) >= 11 is 6.49. The maximum atomic E-state index is 12.8. The highest BCUT2D eigenvalue weighted by atomic mass is 35.5. The molecule has 2 aromatic rings. The highest BCUT2D eigenvalue weighted by Gasteiger charge is 2.27. The first-order valence-corrected chi connectivity index (χ1v) is 10.9. The molecule has 0 unspecified atom stereocenters. The fraction of sp³-hybridized carbons (Fsp3) is 0.500.